The van der Waals surface area contributed by atoms with Gasteiger partial charge in [0.05, 0.1) is 5.56 Å². The molecule has 2 aromatic rings. The summed E-state index contributed by atoms with van der Waals surface area (Å²) in [6.07, 6.45) is 0. The molecule has 0 spiro atoms. The summed E-state index contributed by atoms with van der Waals surface area (Å²) >= 11 is 0. The van der Waals surface area contributed by atoms with Crippen LogP contribution >= 0.6 is 0 Å². The van der Waals surface area contributed by atoms with Crippen LogP contribution in [0.25, 0.3) is 10.9 Å². The van der Waals surface area contributed by atoms with E-state index in [2.05, 4.69) is 4.98 Å². The van der Waals surface area contributed by atoms with E-state index in [0.29, 0.717) is 29.9 Å². The van der Waals surface area contributed by atoms with Crippen molar-refractivity contribution in [1.82, 2.24) is 9.88 Å². The van der Waals surface area contributed by atoms with Crippen molar-refractivity contribution in [3.63, 3.8) is 0 Å². The number of carbonyl (C=O) groups is 2. The molecule has 24 heavy (non-hydrogen) atoms. The van der Waals surface area contributed by atoms with E-state index in [-0.39, 0.29) is 11.5 Å². The number of likely N-dealkylation sites (N-methyl/N-ethyl adjacent to an activating group) is 1. The first-order valence-electron chi connectivity index (χ1n) is 8.05. The zero-order valence-corrected chi connectivity index (χ0v) is 14.8. The molecule has 1 aromatic heterocycles. The molecule has 0 aliphatic carbocycles. The predicted octanol–water partition coefficient (Wildman–Crippen LogP) is 3.20. The van der Waals surface area contributed by atoms with E-state index in [1.54, 1.807) is 43.9 Å². The summed E-state index contributed by atoms with van der Waals surface area (Å²) in [5, 5.41) is 9.95. The number of carboxylic acid groups (broad SMARTS) is 1. The summed E-state index contributed by atoms with van der Waals surface area (Å²) in [4.78, 5) is 28.8. The molecule has 1 heterocycles. The van der Waals surface area contributed by atoms with Crippen molar-refractivity contribution in [3.8, 4) is 5.75 Å². The highest BCUT2D eigenvalue weighted by Crippen LogP contribution is 2.29. The highest BCUT2D eigenvalue weighted by Gasteiger charge is 2.33. The topological polar surface area (TPSA) is 82.6 Å². The van der Waals surface area contributed by atoms with Crippen LogP contribution in [0.5, 0.6) is 5.75 Å². The standard InChI is InChI=1S/C18H24N2O4/c1-6-20(7-2)17(23)18(4,5)24-12-8-9-14-13(10-12)15(16(21)22)11(3)19-14/h8-10,19H,6-7H2,1-5H3,(H,21,22). The van der Waals surface area contributed by atoms with Crippen molar-refractivity contribution < 1.29 is 19.4 Å². The van der Waals surface area contributed by atoms with Gasteiger partial charge in [-0.2, -0.15) is 0 Å². The number of nitrogens with one attached hydrogen (secondary N) is 1. The van der Waals surface area contributed by atoms with E-state index in [1.807, 2.05) is 13.8 Å². The van der Waals surface area contributed by atoms with Crippen molar-refractivity contribution in [2.24, 2.45) is 0 Å². The van der Waals surface area contributed by atoms with Gasteiger partial charge in [0, 0.05) is 29.7 Å². The molecule has 0 bridgehead atoms. The zero-order valence-electron chi connectivity index (χ0n) is 14.8. The Balaban J connectivity index is 2.37. The molecule has 0 aliphatic heterocycles. The fourth-order valence-corrected chi connectivity index (χ4v) is 2.87. The van der Waals surface area contributed by atoms with E-state index in [9.17, 15) is 14.7 Å². The van der Waals surface area contributed by atoms with Crippen LogP contribution in [-0.2, 0) is 4.79 Å². The monoisotopic (exact) mass is 332 g/mol. The van der Waals surface area contributed by atoms with E-state index in [0.717, 1.165) is 5.52 Å². The molecule has 1 aromatic carbocycles. The third-order valence-electron chi connectivity index (χ3n) is 4.11. The number of amides is 1. The van der Waals surface area contributed by atoms with Crippen LogP contribution in [-0.4, -0.2) is 45.6 Å². The largest absolute Gasteiger partial charge is 0.478 e. The Morgan fingerprint density at radius 1 is 1.25 bits per heavy atom. The fraction of sp³-hybridized carbons (Fsp3) is 0.444. The highest BCUT2D eigenvalue weighted by atomic mass is 16.5. The minimum absolute atomic E-state index is 0.101. The Morgan fingerprint density at radius 3 is 2.42 bits per heavy atom. The van der Waals surface area contributed by atoms with E-state index >= 15 is 0 Å². The van der Waals surface area contributed by atoms with Gasteiger partial charge < -0.3 is 19.7 Å². The average Bonchev–Trinajstić information content (AvgIpc) is 2.83. The van der Waals surface area contributed by atoms with Crippen LogP contribution in [0.3, 0.4) is 0 Å². The second-order valence-electron chi connectivity index (χ2n) is 6.23. The number of benzene rings is 1. The van der Waals surface area contributed by atoms with E-state index in [1.165, 1.54) is 0 Å². The van der Waals surface area contributed by atoms with Crippen LogP contribution in [0.2, 0.25) is 0 Å². The van der Waals surface area contributed by atoms with Gasteiger partial charge >= 0.3 is 5.97 Å². The smallest absolute Gasteiger partial charge is 0.338 e. The SMILES string of the molecule is CCN(CC)C(=O)C(C)(C)Oc1ccc2[nH]c(C)c(C(=O)O)c2c1. The Morgan fingerprint density at radius 2 is 1.88 bits per heavy atom. The number of rotatable bonds is 6. The van der Waals surface area contributed by atoms with Crippen LogP contribution in [0.1, 0.15) is 43.7 Å². The molecule has 0 atom stereocenters. The third kappa shape index (κ3) is 3.22. The maximum atomic E-state index is 12.6. The fourth-order valence-electron chi connectivity index (χ4n) is 2.87. The van der Waals surface area contributed by atoms with E-state index in [4.69, 9.17) is 4.74 Å². The van der Waals surface area contributed by atoms with Gasteiger partial charge in [0.1, 0.15) is 5.75 Å². The summed E-state index contributed by atoms with van der Waals surface area (Å²) in [6.45, 7) is 10.2. The first-order chi connectivity index (χ1) is 11.2. The molecule has 0 saturated heterocycles. The number of hydrogen-bond donors (Lipinski definition) is 2. The van der Waals surface area contributed by atoms with Gasteiger partial charge in [0.15, 0.2) is 5.60 Å². The Hall–Kier alpha value is -2.50. The normalized spacial score (nSPS) is 11.5. The molecular weight excluding hydrogens is 308 g/mol. The summed E-state index contributed by atoms with van der Waals surface area (Å²) < 4.78 is 5.90. The number of carbonyl (C=O) groups excluding carboxylic acids is 1. The Kier molecular flexibility index (Phi) is 4.87. The molecule has 1 amide bonds. The predicted molar refractivity (Wildman–Crippen MR) is 92.6 cm³/mol. The minimum atomic E-state index is -1.03. The highest BCUT2D eigenvalue weighted by molar-refractivity contribution is 6.05. The molecule has 0 unspecified atom stereocenters. The first kappa shape index (κ1) is 17.8. The van der Waals surface area contributed by atoms with Gasteiger partial charge in [-0.15, -0.1) is 0 Å². The second-order valence-corrected chi connectivity index (χ2v) is 6.23. The summed E-state index contributed by atoms with van der Waals surface area (Å²) in [5.41, 5.74) is 0.510. The zero-order chi connectivity index (χ0) is 18.1. The van der Waals surface area contributed by atoms with Crippen molar-refractivity contribution in [1.29, 1.82) is 0 Å². The molecular formula is C18H24N2O4. The molecule has 2 N–H and O–H groups in total. The summed E-state index contributed by atoms with van der Waals surface area (Å²) in [7, 11) is 0. The van der Waals surface area contributed by atoms with Gasteiger partial charge in [-0.1, -0.05) is 0 Å². The molecule has 0 aliphatic rings. The van der Waals surface area contributed by atoms with Crippen molar-refractivity contribution >= 4 is 22.8 Å². The van der Waals surface area contributed by atoms with Crippen molar-refractivity contribution in [2.75, 3.05) is 13.1 Å². The number of fused-ring (bicyclic) bond motifs is 1. The van der Waals surface area contributed by atoms with Gasteiger partial charge in [0.25, 0.3) is 5.91 Å². The summed E-state index contributed by atoms with van der Waals surface area (Å²) in [5.74, 6) is -0.625. The molecule has 2 rings (SSSR count). The maximum absolute atomic E-state index is 12.6. The van der Waals surface area contributed by atoms with Gasteiger partial charge in [0.2, 0.25) is 0 Å². The van der Waals surface area contributed by atoms with Gasteiger partial charge in [-0.25, -0.2) is 4.79 Å². The lowest BCUT2D eigenvalue weighted by atomic mass is 10.1. The lowest BCUT2D eigenvalue weighted by Gasteiger charge is -2.31. The third-order valence-corrected chi connectivity index (χ3v) is 4.11. The van der Waals surface area contributed by atoms with Crippen LogP contribution < -0.4 is 4.74 Å². The molecule has 0 fully saturated rings. The van der Waals surface area contributed by atoms with Crippen LogP contribution in [0.15, 0.2) is 18.2 Å². The van der Waals surface area contributed by atoms with Crippen molar-refractivity contribution in [2.45, 2.75) is 40.2 Å². The molecule has 6 heteroatoms. The molecule has 130 valence electrons. The van der Waals surface area contributed by atoms with Gasteiger partial charge in [-0.05, 0) is 52.8 Å². The molecule has 0 saturated carbocycles. The number of nitrogens with zero attached hydrogens (tertiary/aromatic N) is 1. The average molecular weight is 332 g/mol. The number of aryl methyl sites for hydroxylation is 1. The number of aromatic nitrogens is 1. The van der Waals surface area contributed by atoms with Gasteiger partial charge in [-0.3, -0.25) is 4.79 Å². The van der Waals surface area contributed by atoms with E-state index < -0.39 is 11.6 Å². The number of carboxylic acids is 1. The Labute approximate surface area is 141 Å². The van der Waals surface area contributed by atoms with Crippen LogP contribution in [0, 0.1) is 6.92 Å². The Bertz CT molecular complexity index is 773. The van der Waals surface area contributed by atoms with Crippen LogP contribution in [0.4, 0.5) is 0 Å². The number of hydrogen-bond acceptors (Lipinski definition) is 3. The number of aromatic amines is 1. The second kappa shape index (κ2) is 6.55. The van der Waals surface area contributed by atoms with Crippen molar-refractivity contribution in [3.05, 3.63) is 29.5 Å². The molecule has 0 radical (unpaired) electrons. The lowest BCUT2D eigenvalue weighted by Crippen LogP contribution is -2.48. The summed E-state index contributed by atoms with van der Waals surface area (Å²) in [6, 6.07) is 5.17. The first-order valence-corrected chi connectivity index (χ1v) is 8.05. The molecule has 6 nitrogen and oxygen atoms in total. The number of aromatic carboxylic acids is 1. The quantitative estimate of drug-likeness (QED) is 0.851. The number of H-pyrrole nitrogens is 1. The number of ether oxygens (including phenoxy) is 1. The minimum Gasteiger partial charge on any atom is -0.478 e. The maximum Gasteiger partial charge on any atom is 0.338 e. The lowest BCUT2D eigenvalue weighted by molar-refractivity contribution is -0.145.